The molecule has 0 aliphatic carbocycles. The van der Waals surface area contributed by atoms with Crippen LogP contribution in [0.15, 0.2) is 40.9 Å². The predicted molar refractivity (Wildman–Crippen MR) is 87.3 cm³/mol. The molecule has 0 amide bonds. The number of halogens is 2. The first-order valence-electron chi connectivity index (χ1n) is 6.06. The second kappa shape index (κ2) is 6.87. The quantitative estimate of drug-likeness (QED) is 0.813. The van der Waals surface area contributed by atoms with E-state index < -0.39 is 0 Å². The molecule has 2 rings (SSSR count). The minimum absolute atomic E-state index is 0.211. The monoisotopic (exact) mass is 369 g/mol. The molecule has 0 aromatic heterocycles. The number of hydrogen-bond acceptors (Lipinski definition) is 3. The second-order valence-electron chi connectivity index (χ2n) is 4.26. The van der Waals surface area contributed by atoms with Crippen molar-refractivity contribution in [2.75, 3.05) is 7.11 Å². The van der Waals surface area contributed by atoms with Gasteiger partial charge in [0.2, 0.25) is 0 Å². The third-order valence-corrected chi connectivity index (χ3v) is 3.95. The number of methoxy groups -OCH3 is 1. The van der Waals surface area contributed by atoms with Crippen LogP contribution in [0, 0.1) is 5.82 Å². The molecule has 0 bridgehead atoms. The highest BCUT2D eigenvalue weighted by atomic mass is 79.9. The maximum absolute atomic E-state index is 13.4. The molecule has 2 aromatic rings. The lowest BCUT2D eigenvalue weighted by Crippen LogP contribution is -2.10. The van der Waals surface area contributed by atoms with Crippen LogP contribution >= 0.6 is 28.1 Å². The molecule has 0 saturated heterocycles. The molecule has 0 fully saturated rings. The van der Waals surface area contributed by atoms with Gasteiger partial charge in [-0.2, -0.15) is 0 Å². The maximum Gasteiger partial charge on any atom is 0.137 e. The van der Waals surface area contributed by atoms with Gasteiger partial charge in [-0.3, -0.25) is 0 Å². The molecule has 0 saturated carbocycles. The molecule has 0 radical (unpaired) electrons. The standard InChI is InChI=1S/C15H13BrFNO2S/c1-19-11-5-10(15(18)21)6-12(7-11)20-8-9-3-2-4-13(17)14(9)16/h2-7H,8H2,1H3,(H2,18,21). The molecule has 2 aromatic carbocycles. The molecule has 2 N–H and O–H groups in total. The third kappa shape index (κ3) is 3.92. The van der Waals surface area contributed by atoms with Crippen molar-refractivity contribution in [3.8, 4) is 11.5 Å². The number of rotatable bonds is 5. The van der Waals surface area contributed by atoms with Crippen LogP contribution in [-0.2, 0) is 6.61 Å². The Hall–Kier alpha value is -1.66. The maximum atomic E-state index is 13.4. The van der Waals surface area contributed by atoms with Gasteiger partial charge in [0, 0.05) is 17.2 Å². The molecule has 0 aliphatic rings. The first kappa shape index (κ1) is 15.7. The Morgan fingerprint density at radius 3 is 2.67 bits per heavy atom. The van der Waals surface area contributed by atoms with Gasteiger partial charge in [-0.05, 0) is 34.1 Å². The van der Waals surface area contributed by atoms with Crippen molar-refractivity contribution in [3.63, 3.8) is 0 Å². The van der Waals surface area contributed by atoms with E-state index in [-0.39, 0.29) is 17.4 Å². The summed E-state index contributed by atoms with van der Waals surface area (Å²) < 4.78 is 24.7. The Morgan fingerprint density at radius 2 is 2.00 bits per heavy atom. The van der Waals surface area contributed by atoms with Gasteiger partial charge < -0.3 is 15.2 Å². The van der Waals surface area contributed by atoms with Crippen molar-refractivity contribution in [2.24, 2.45) is 5.73 Å². The van der Waals surface area contributed by atoms with Gasteiger partial charge in [-0.15, -0.1) is 0 Å². The third-order valence-electron chi connectivity index (χ3n) is 2.83. The molecule has 3 nitrogen and oxygen atoms in total. The van der Waals surface area contributed by atoms with Crippen molar-refractivity contribution in [2.45, 2.75) is 6.61 Å². The Balaban J connectivity index is 2.21. The summed E-state index contributed by atoms with van der Waals surface area (Å²) in [5, 5.41) is 0. The van der Waals surface area contributed by atoms with Gasteiger partial charge in [0.05, 0.1) is 11.6 Å². The number of nitrogens with two attached hydrogens (primary N) is 1. The summed E-state index contributed by atoms with van der Waals surface area (Å²) in [5.41, 5.74) is 6.97. The van der Waals surface area contributed by atoms with E-state index >= 15 is 0 Å². The summed E-state index contributed by atoms with van der Waals surface area (Å²) in [6.07, 6.45) is 0. The van der Waals surface area contributed by atoms with Gasteiger partial charge in [0.25, 0.3) is 0 Å². The molecule has 21 heavy (non-hydrogen) atoms. The first-order valence-corrected chi connectivity index (χ1v) is 7.26. The lowest BCUT2D eigenvalue weighted by molar-refractivity contribution is 0.302. The lowest BCUT2D eigenvalue weighted by atomic mass is 10.2. The average molecular weight is 370 g/mol. The fraction of sp³-hybridized carbons (Fsp3) is 0.133. The van der Waals surface area contributed by atoms with Gasteiger partial charge in [-0.25, -0.2) is 4.39 Å². The van der Waals surface area contributed by atoms with E-state index in [0.717, 1.165) is 0 Å². The first-order chi connectivity index (χ1) is 10.0. The topological polar surface area (TPSA) is 44.5 Å². The highest BCUT2D eigenvalue weighted by Crippen LogP contribution is 2.26. The van der Waals surface area contributed by atoms with Crippen molar-refractivity contribution < 1.29 is 13.9 Å². The Kier molecular flexibility index (Phi) is 5.14. The zero-order valence-corrected chi connectivity index (χ0v) is 13.6. The lowest BCUT2D eigenvalue weighted by Gasteiger charge is -2.11. The zero-order valence-electron chi connectivity index (χ0n) is 11.2. The molecule has 6 heteroatoms. The van der Waals surface area contributed by atoms with Gasteiger partial charge in [0.1, 0.15) is 28.9 Å². The number of thiocarbonyl (C=S) groups is 1. The van der Waals surface area contributed by atoms with E-state index in [0.29, 0.717) is 27.1 Å². The number of ether oxygens (including phenoxy) is 2. The Morgan fingerprint density at radius 1 is 1.29 bits per heavy atom. The normalized spacial score (nSPS) is 10.2. The molecule has 0 aliphatic heterocycles. The van der Waals surface area contributed by atoms with E-state index in [2.05, 4.69) is 15.9 Å². The van der Waals surface area contributed by atoms with E-state index in [9.17, 15) is 4.39 Å². The smallest absolute Gasteiger partial charge is 0.137 e. The Bertz CT molecular complexity index is 679. The van der Waals surface area contributed by atoms with Crippen LogP contribution in [0.3, 0.4) is 0 Å². The molecule has 0 atom stereocenters. The van der Waals surface area contributed by atoms with Crippen molar-refractivity contribution in [1.82, 2.24) is 0 Å². The fourth-order valence-electron chi connectivity index (χ4n) is 1.74. The number of hydrogen-bond donors (Lipinski definition) is 1. The van der Waals surface area contributed by atoms with Crippen LogP contribution in [0.25, 0.3) is 0 Å². The van der Waals surface area contributed by atoms with Crippen molar-refractivity contribution >= 4 is 33.1 Å². The summed E-state index contributed by atoms with van der Waals surface area (Å²) in [6, 6.07) is 9.96. The molecular weight excluding hydrogens is 357 g/mol. The summed E-state index contributed by atoms with van der Waals surface area (Å²) >= 11 is 8.15. The molecule has 0 heterocycles. The average Bonchev–Trinajstić information content (AvgIpc) is 2.48. The van der Waals surface area contributed by atoms with E-state index in [1.807, 2.05) is 0 Å². The molecule has 0 spiro atoms. The number of benzene rings is 2. The van der Waals surface area contributed by atoms with Crippen LogP contribution in [-0.4, -0.2) is 12.1 Å². The van der Waals surface area contributed by atoms with Gasteiger partial charge in [-0.1, -0.05) is 24.4 Å². The van der Waals surface area contributed by atoms with E-state index in [1.165, 1.54) is 6.07 Å². The van der Waals surface area contributed by atoms with Gasteiger partial charge >= 0.3 is 0 Å². The minimum Gasteiger partial charge on any atom is -0.497 e. The van der Waals surface area contributed by atoms with Crippen LogP contribution in [0.2, 0.25) is 0 Å². The largest absolute Gasteiger partial charge is 0.497 e. The highest BCUT2D eigenvalue weighted by molar-refractivity contribution is 9.10. The van der Waals surface area contributed by atoms with E-state index in [1.54, 1.807) is 37.4 Å². The molecule has 110 valence electrons. The highest BCUT2D eigenvalue weighted by Gasteiger charge is 2.08. The SMILES string of the molecule is COc1cc(OCc2cccc(F)c2Br)cc(C(N)=S)c1. The summed E-state index contributed by atoms with van der Waals surface area (Å²) in [5.74, 6) is 0.812. The van der Waals surface area contributed by atoms with E-state index in [4.69, 9.17) is 27.4 Å². The van der Waals surface area contributed by atoms with Gasteiger partial charge in [0.15, 0.2) is 0 Å². The van der Waals surface area contributed by atoms with Crippen molar-refractivity contribution in [1.29, 1.82) is 0 Å². The van der Waals surface area contributed by atoms with Crippen LogP contribution < -0.4 is 15.2 Å². The van der Waals surface area contributed by atoms with Crippen molar-refractivity contribution in [3.05, 3.63) is 57.8 Å². The van der Waals surface area contributed by atoms with Crippen LogP contribution in [0.4, 0.5) is 4.39 Å². The molecule has 0 unspecified atom stereocenters. The minimum atomic E-state index is -0.328. The summed E-state index contributed by atoms with van der Waals surface area (Å²) in [7, 11) is 1.55. The van der Waals surface area contributed by atoms with Crippen LogP contribution in [0.1, 0.15) is 11.1 Å². The summed E-state index contributed by atoms with van der Waals surface area (Å²) in [6.45, 7) is 0.211. The van der Waals surface area contributed by atoms with Crippen LogP contribution in [0.5, 0.6) is 11.5 Å². The Labute approximate surface area is 136 Å². The zero-order chi connectivity index (χ0) is 15.4. The predicted octanol–water partition coefficient (Wildman–Crippen LogP) is 3.81. The molecular formula is C15H13BrFNO2S. The fourth-order valence-corrected chi connectivity index (χ4v) is 2.23. The summed E-state index contributed by atoms with van der Waals surface area (Å²) in [4.78, 5) is 0.255. The second-order valence-corrected chi connectivity index (χ2v) is 5.50.